The fourth-order valence-corrected chi connectivity index (χ4v) is 4.20. The minimum Gasteiger partial charge on any atom is -0.357 e. The van der Waals surface area contributed by atoms with E-state index < -0.39 is 0 Å². The van der Waals surface area contributed by atoms with Crippen LogP contribution in [0.3, 0.4) is 0 Å². The molecule has 1 fully saturated rings. The lowest BCUT2D eigenvalue weighted by Crippen LogP contribution is -2.50. The van der Waals surface area contributed by atoms with Gasteiger partial charge in [0.1, 0.15) is 0 Å². The van der Waals surface area contributed by atoms with Crippen molar-refractivity contribution in [3.63, 3.8) is 0 Å². The van der Waals surface area contributed by atoms with E-state index in [9.17, 15) is 0 Å². The Morgan fingerprint density at radius 3 is 2.50 bits per heavy atom. The maximum absolute atomic E-state index is 4.92. The van der Waals surface area contributed by atoms with E-state index in [0.29, 0.717) is 12.6 Å². The lowest BCUT2D eigenvalue weighted by atomic mass is 10.0. The summed E-state index contributed by atoms with van der Waals surface area (Å²) in [5.41, 5.74) is 2.34. The fraction of sp³-hybridized carbons (Fsp3) is 0.538. The number of piperidine rings is 1. The highest BCUT2D eigenvalue weighted by Gasteiger charge is 2.23. The summed E-state index contributed by atoms with van der Waals surface area (Å²) in [6.07, 6.45) is 4.10. The molecule has 3 rings (SSSR count). The third-order valence-corrected chi connectivity index (χ3v) is 5.92. The van der Waals surface area contributed by atoms with Crippen molar-refractivity contribution in [1.82, 2.24) is 25.8 Å². The number of hydrogen-bond donors (Lipinski definition) is 3. The predicted molar refractivity (Wildman–Crippen MR) is 134 cm³/mol. The van der Waals surface area contributed by atoms with Gasteiger partial charge in [0.15, 0.2) is 5.96 Å². The van der Waals surface area contributed by atoms with E-state index in [1.807, 2.05) is 12.3 Å². The minimum absolute atomic E-state index is 0.107. The van der Waals surface area contributed by atoms with Crippen molar-refractivity contribution in [2.75, 3.05) is 26.2 Å². The summed E-state index contributed by atoms with van der Waals surface area (Å²) in [4.78, 5) is 11.9. The van der Waals surface area contributed by atoms with Gasteiger partial charge in [-0.25, -0.2) is 0 Å². The van der Waals surface area contributed by atoms with Gasteiger partial charge in [-0.1, -0.05) is 36.4 Å². The number of aliphatic imine (C=N–C) groups is 1. The zero-order chi connectivity index (χ0) is 22.8. The van der Waals surface area contributed by atoms with Crippen LogP contribution in [0.15, 0.2) is 59.7 Å². The van der Waals surface area contributed by atoms with Gasteiger partial charge in [-0.3, -0.25) is 14.9 Å². The lowest BCUT2D eigenvalue weighted by molar-refractivity contribution is 0.196. The smallest absolute Gasteiger partial charge is 0.191 e. The number of benzene rings is 1. The summed E-state index contributed by atoms with van der Waals surface area (Å²) >= 11 is 0. The molecule has 1 aromatic heterocycles. The molecule has 1 saturated heterocycles. The highest BCUT2D eigenvalue weighted by atomic mass is 15.2. The van der Waals surface area contributed by atoms with Gasteiger partial charge in [0.05, 0.1) is 12.2 Å². The van der Waals surface area contributed by atoms with Crippen molar-refractivity contribution in [3.05, 3.63) is 66.0 Å². The molecule has 2 heterocycles. The Bertz CT molecular complexity index is 813. The Morgan fingerprint density at radius 1 is 1.12 bits per heavy atom. The van der Waals surface area contributed by atoms with E-state index >= 15 is 0 Å². The number of aromatic nitrogens is 1. The quantitative estimate of drug-likeness (QED) is 0.413. The molecule has 6 heteroatoms. The van der Waals surface area contributed by atoms with Gasteiger partial charge in [0, 0.05) is 50.0 Å². The van der Waals surface area contributed by atoms with Crippen LogP contribution in [0.25, 0.3) is 0 Å². The van der Waals surface area contributed by atoms with E-state index in [2.05, 4.69) is 96.0 Å². The number of pyridine rings is 1. The number of likely N-dealkylation sites (tertiary alicyclic amines) is 1. The first kappa shape index (κ1) is 24.2. The van der Waals surface area contributed by atoms with E-state index in [-0.39, 0.29) is 11.6 Å². The Balaban J connectivity index is 1.49. The van der Waals surface area contributed by atoms with Crippen LogP contribution in [-0.4, -0.2) is 53.6 Å². The van der Waals surface area contributed by atoms with Gasteiger partial charge in [-0.15, -0.1) is 0 Å². The minimum atomic E-state index is -0.107. The summed E-state index contributed by atoms with van der Waals surface area (Å²) < 4.78 is 0. The standard InChI is InChI=1S/C26H40N6/c1-5-27-25(29-20-26(3,4)31-21(2)22-11-7-6-8-12-22)30-23-14-17-32(18-15-23)19-24-13-9-10-16-28-24/h6-13,16,21,23,31H,5,14-15,17-20H2,1-4H3,(H2,27,29,30). The molecule has 1 aliphatic heterocycles. The molecule has 1 atom stereocenters. The molecule has 6 nitrogen and oxygen atoms in total. The molecule has 0 radical (unpaired) electrons. The Hall–Kier alpha value is -2.44. The number of guanidine groups is 1. The highest BCUT2D eigenvalue weighted by molar-refractivity contribution is 5.80. The molecular formula is C26H40N6. The largest absolute Gasteiger partial charge is 0.357 e. The SMILES string of the molecule is CCNC(=NCC(C)(C)NC(C)c1ccccc1)NC1CCN(Cc2ccccn2)CC1. The van der Waals surface area contributed by atoms with Gasteiger partial charge in [0.25, 0.3) is 0 Å². The van der Waals surface area contributed by atoms with E-state index in [4.69, 9.17) is 4.99 Å². The molecule has 32 heavy (non-hydrogen) atoms. The Morgan fingerprint density at radius 2 is 1.84 bits per heavy atom. The van der Waals surface area contributed by atoms with Crippen LogP contribution in [0, 0.1) is 0 Å². The summed E-state index contributed by atoms with van der Waals surface area (Å²) in [6.45, 7) is 13.4. The molecular weight excluding hydrogens is 396 g/mol. The fourth-order valence-electron chi connectivity index (χ4n) is 4.20. The number of hydrogen-bond acceptors (Lipinski definition) is 4. The third-order valence-electron chi connectivity index (χ3n) is 5.92. The van der Waals surface area contributed by atoms with Crippen LogP contribution in [0.1, 0.15) is 57.8 Å². The first-order valence-corrected chi connectivity index (χ1v) is 11.9. The molecule has 1 unspecified atom stereocenters. The van der Waals surface area contributed by atoms with Crippen molar-refractivity contribution >= 4 is 5.96 Å². The second kappa shape index (κ2) is 12.0. The van der Waals surface area contributed by atoms with Crippen molar-refractivity contribution in [1.29, 1.82) is 0 Å². The van der Waals surface area contributed by atoms with Crippen LogP contribution in [0.2, 0.25) is 0 Å². The molecule has 0 amide bonds. The Kier molecular flexibility index (Phi) is 9.06. The molecule has 3 N–H and O–H groups in total. The van der Waals surface area contributed by atoms with Gasteiger partial charge < -0.3 is 16.0 Å². The van der Waals surface area contributed by atoms with Crippen molar-refractivity contribution in [2.45, 2.75) is 64.7 Å². The molecule has 2 aromatic rings. The van der Waals surface area contributed by atoms with Crippen LogP contribution in [0.5, 0.6) is 0 Å². The van der Waals surface area contributed by atoms with Crippen molar-refractivity contribution < 1.29 is 0 Å². The molecule has 174 valence electrons. The van der Waals surface area contributed by atoms with Gasteiger partial charge in [-0.05, 0) is 58.2 Å². The molecule has 0 spiro atoms. The molecule has 0 aliphatic carbocycles. The molecule has 0 saturated carbocycles. The first-order valence-electron chi connectivity index (χ1n) is 11.9. The monoisotopic (exact) mass is 436 g/mol. The van der Waals surface area contributed by atoms with E-state index in [0.717, 1.165) is 50.7 Å². The van der Waals surface area contributed by atoms with Gasteiger partial charge in [0.2, 0.25) is 0 Å². The van der Waals surface area contributed by atoms with Crippen molar-refractivity contribution in [3.8, 4) is 0 Å². The number of nitrogens with zero attached hydrogens (tertiary/aromatic N) is 3. The van der Waals surface area contributed by atoms with E-state index in [1.54, 1.807) is 0 Å². The molecule has 1 aliphatic rings. The van der Waals surface area contributed by atoms with Gasteiger partial charge >= 0.3 is 0 Å². The van der Waals surface area contributed by atoms with E-state index in [1.165, 1.54) is 5.56 Å². The summed E-state index contributed by atoms with van der Waals surface area (Å²) in [6, 6.07) is 17.4. The third kappa shape index (κ3) is 7.92. The average molecular weight is 437 g/mol. The summed E-state index contributed by atoms with van der Waals surface area (Å²) in [7, 11) is 0. The van der Waals surface area contributed by atoms with Crippen LogP contribution < -0.4 is 16.0 Å². The van der Waals surface area contributed by atoms with Crippen LogP contribution in [-0.2, 0) is 6.54 Å². The Labute approximate surface area is 193 Å². The number of nitrogens with one attached hydrogen (secondary N) is 3. The lowest BCUT2D eigenvalue weighted by Gasteiger charge is -2.33. The predicted octanol–water partition coefficient (Wildman–Crippen LogP) is 3.73. The van der Waals surface area contributed by atoms with Crippen molar-refractivity contribution in [2.24, 2.45) is 4.99 Å². The normalized spacial score (nSPS) is 17.2. The first-order chi connectivity index (χ1) is 15.4. The topological polar surface area (TPSA) is 64.6 Å². The zero-order valence-electron chi connectivity index (χ0n) is 20.1. The maximum Gasteiger partial charge on any atom is 0.191 e. The van der Waals surface area contributed by atoms with Crippen LogP contribution in [0.4, 0.5) is 0 Å². The highest BCUT2D eigenvalue weighted by Crippen LogP contribution is 2.17. The summed E-state index contributed by atoms with van der Waals surface area (Å²) in [5.74, 6) is 0.915. The summed E-state index contributed by atoms with van der Waals surface area (Å²) in [5, 5.41) is 10.8. The number of rotatable bonds is 9. The van der Waals surface area contributed by atoms with Gasteiger partial charge in [-0.2, -0.15) is 0 Å². The van der Waals surface area contributed by atoms with Crippen LogP contribution >= 0.6 is 0 Å². The molecule has 0 bridgehead atoms. The zero-order valence-corrected chi connectivity index (χ0v) is 20.1. The average Bonchev–Trinajstić information content (AvgIpc) is 2.80. The second-order valence-corrected chi connectivity index (χ2v) is 9.37. The molecule has 1 aromatic carbocycles. The second-order valence-electron chi connectivity index (χ2n) is 9.37. The maximum atomic E-state index is 4.92.